The first-order valence-corrected chi connectivity index (χ1v) is 4.54. The lowest BCUT2D eigenvalue weighted by Crippen LogP contribution is -2.26. The van der Waals surface area contributed by atoms with Gasteiger partial charge >= 0.3 is 5.97 Å². The van der Waals surface area contributed by atoms with E-state index in [-0.39, 0.29) is 5.95 Å². The van der Waals surface area contributed by atoms with Gasteiger partial charge in [0.1, 0.15) is 11.6 Å². The fraction of sp³-hybridized carbons (Fsp3) is 0.250. The first-order chi connectivity index (χ1) is 7.58. The highest BCUT2D eigenvalue weighted by atomic mass is 16.4. The van der Waals surface area contributed by atoms with E-state index in [1.165, 1.54) is 13.3 Å². The number of rotatable bonds is 3. The predicted octanol–water partition coefficient (Wildman–Crippen LogP) is -0.180. The van der Waals surface area contributed by atoms with Gasteiger partial charge in [0.2, 0.25) is 5.95 Å². The molecular formula is C8H10N6O2. The summed E-state index contributed by atoms with van der Waals surface area (Å²) in [6.45, 7) is 1.50. The van der Waals surface area contributed by atoms with Crippen LogP contribution in [0, 0.1) is 0 Å². The molecule has 8 heteroatoms. The third kappa shape index (κ3) is 1.72. The van der Waals surface area contributed by atoms with Crippen LogP contribution in [-0.4, -0.2) is 37.1 Å². The van der Waals surface area contributed by atoms with Crippen molar-refractivity contribution in [3.63, 3.8) is 0 Å². The van der Waals surface area contributed by atoms with Crippen LogP contribution < -0.4 is 11.1 Å². The molecular weight excluding hydrogens is 212 g/mol. The number of nitrogens with zero attached hydrogens (tertiary/aromatic N) is 3. The molecule has 0 saturated heterocycles. The highest BCUT2D eigenvalue weighted by molar-refractivity contribution is 5.86. The Labute approximate surface area is 89.9 Å². The van der Waals surface area contributed by atoms with Crippen molar-refractivity contribution < 1.29 is 9.90 Å². The minimum atomic E-state index is -0.982. The average molecular weight is 222 g/mol. The molecule has 0 bridgehead atoms. The summed E-state index contributed by atoms with van der Waals surface area (Å²) in [5.74, 6) is -0.612. The SMILES string of the molecule is C[C@H](Nc1nc(N)nc2nc[nH]c12)C(=O)O. The number of nitrogens with one attached hydrogen (secondary N) is 2. The van der Waals surface area contributed by atoms with E-state index in [9.17, 15) is 4.79 Å². The van der Waals surface area contributed by atoms with Crippen LogP contribution in [0.4, 0.5) is 11.8 Å². The van der Waals surface area contributed by atoms with Gasteiger partial charge < -0.3 is 21.1 Å². The molecule has 0 saturated carbocycles. The number of anilines is 2. The molecule has 1 atom stereocenters. The van der Waals surface area contributed by atoms with Crippen molar-refractivity contribution in [3.8, 4) is 0 Å². The average Bonchev–Trinajstić information content (AvgIpc) is 2.65. The number of carboxylic acids is 1. The smallest absolute Gasteiger partial charge is 0.325 e. The van der Waals surface area contributed by atoms with Crippen molar-refractivity contribution in [2.75, 3.05) is 11.1 Å². The molecule has 0 aromatic carbocycles. The summed E-state index contributed by atoms with van der Waals surface area (Å²) in [6, 6.07) is -0.777. The fourth-order valence-electron chi connectivity index (χ4n) is 1.22. The van der Waals surface area contributed by atoms with Gasteiger partial charge in [0.15, 0.2) is 11.5 Å². The normalized spacial score (nSPS) is 12.6. The van der Waals surface area contributed by atoms with E-state index in [2.05, 4.69) is 25.3 Å². The summed E-state index contributed by atoms with van der Waals surface area (Å²) < 4.78 is 0. The lowest BCUT2D eigenvalue weighted by molar-refractivity contribution is -0.137. The molecule has 8 nitrogen and oxygen atoms in total. The zero-order valence-electron chi connectivity index (χ0n) is 8.43. The Hall–Kier alpha value is -2.38. The van der Waals surface area contributed by atoms with Crippen molar-refractivity contribution in [2.24, 2.45) is 0 Å². The molecule has 0 amide bonds. The van der Waals surface area contributed by atoms with Crippen LogP contribution in [0.1, 0.15) is 6.92 Å². The highest BCUT2D eigenvalue weighted by Gasteiger charge is 2.15. The van der Waals surface area contributed by atoms with Gasteiger partial charge in [-0.2, -0.15) is 9.97 Å². The number of carbonyl (C=O) groups is 1. The van der Waals surface area contributed by atoms with Gasteiger partial charge in [-0.25, -0.2) is 4.98 Å². The van der Waals surface area contributed by atoms with E-state index in [1.807, 2.05) is 0 Å². The van der Waals surface area contributed by atoms with E-state index in [4.69, 9.17) is 10.8 Å². The van der Waals surface area contributed by atoms with Crippen LogP contribution in [0.5, 0.6) is 0 Å². The van der Waals surface area contributed by atoms with Crippen LogP contribution in [0.25, 0.3) is 11.2 Å². The summed E-state index contributed by atoms with van der Waals surface area (Å²) in [4.78, 5) is 25.2. The summed E-state index contributed by atoms with van der Waals surface area (Å²) in [5, 5.41) is 11.5. The van der Waals surface area contributed by atoms with Crippen LogP contribution in [0.3, 0.4) is 0 Å². The van der Waals surface area contributed by atoms with Gasteiger partial charge in [0, 0.05) is 0 Å². The molecule has 2 rings (SSSR count). The molecule has 2 aromatic rings. The van der Waals surface area contributed by atoms with E-state index in [0.717, 1.165) is 0 Å². The van der Waals surface area contributed by atoms with Crippen molar-refractivity contribution in [3.05, 3.63) is 6.33 Å². The second kappa shape index (κ2) is 3.65. The number of hydrogen-bond acceptors (Lipinski definition) is 6. The zero-order chi connectivity index (χ0) is 11.7. The third-order valence-corrected chi connectivity index (χ3v) is 2.03. The molecule has 84 valence electrons. The maximum atomic E-state index is 10.7. The largest absolute Gasteiger partial charge is 0.480 e. The first-order valence-electron chi connectivity index (χ1n) is 4.54. The Morgan fingerprint density at radius 3 is 3.06 bits per heavy atom. The third-order valence-electron chi connectivity index (χ3n) is 2.03. The van der Waals surface area contributed by atoms with Gasteiger partial charge in [-0.05, 0) is 6.92 Å². The number of carboxylic acid groups (broad SMARTS) is 1. The van der Waals surface area contributed by atoms with E-state index in [0.29, 0.717) is 17.0 Å². The quantitative estimate of drug-likeness (QED) is 0.566. The van der Waals surface area contributed by atoms with Gasteiger partial charge in [0.25, 0.3) is 0 Å². The molecule has 0 aliphatic carbocycles. The van der Waals surface area contributed by atoms with Crippen molar-refractivity contribution in [1.29, 1.82) is 0 Å². The Balaban J connectivity index is 2.42. The van der Waals surface area contributed by atoms with Gasteiger partial charge in [0.05, 0.1) is 6.33 Å². The Bertz CT molecular complexity index is 536. The summed E-state index contributed by atoms with van der Waals surface area (Å²) in [5.41, 5.74) is 6.40. The standard InChI is InChI=1S/C8H10N6O2/c1-3(7(15)16)12-6-4-5(11-2-10-4)13-8(9)14-6/h2-3H,1H3,(H,15,16)(H4,9,10,11,12,13,14)/t3-/m0/s1. The Morgan fingerprint density at radius 1 is 1.62 bits per heavy atom. The number of H-pyrrole nitrogens is 1. The van der Waals surface area contributed by atoms with Gasteiger partial charge in [-0.3, -0.25) is 4.79 Å². The number of hydrogen-bond donors (Lipinski definition) is 4. The molecule has 16 heavy (non-hydrogen) atoms. The number of aromatic nitrogens is 4. The van der Waals surface area contributed by atoms with Gasteiger partial charge in [-0.15, -0.1) is 0 Å². The molecule has 0 unspecified atom stereocenters. The Morgan fingerprint density at radius 2 is 2.38 bits per heavy atom. The number of aliphatic carboxylic acids is 1. The molecule has 0 spiro atoms. The number of nitrogen functional groups attached to an aromatic ring is 1. The summed E-state index contributed by atoms with van der Waals surface area (Å²) in [6.07, 6.45) is 1.44. The summed E-state index contributed by atoms with van der Waals surface area (Å²) in [7, 11) is 0. The van der Waals surface area contributed by atoms with E-state index >= 15 is 0 Å². The van der Waals surface area contributed by atoms with E-state index < -0.39 is 12.0 Å². The van der Waals surface area contributed by atoms with Crippen LogP contribution in [0.15, 0.2) is 6.33 Å². The topological polar surface area (TPSA) is 130 Å². The minimum Gasteiger partial charge on any atom is -0.480 e. The number of aromatic amines is 1. The Kier molecular flexibility index (Phi) is 2.31. The lowest BCUT2D eigenvalue weighted by Gasteiger charge is -2.10. The second-order valence-electron chi connectivity index (χ2n) is 3.24. The van der Waals surface area contributed by atoms with E-state index in [1.54, 1.807) is 0 Å². The molecule has 0 fully saturated rings. The van der Waals surface area contributed by atoms with Gasteiger partial charge in [-0.1, -0.05) is 0 Å². The second-order valence-corrected chi connectivity index (χ2v) is 3.24. The lowest BCUT2D eigenvalue weighted by atomic mass is 10.3. The fourth-order valence-corrected chi connectivity index (χ4v) is 1.22. The molecule has 0 aliphatic heterocycles. The van der Waals surface area contributed by atoms with Crippen LogP contribution in [-0.2, 0) is 4.79 Å². The minimum absolute atomic E-state index is 0.0414. The number of imidazole rings is 1. The monoisotopic (exact) mass is 222 g/mol. The zero-order valence-corrected chi connectivity index (χ0v) is 8.43. The maximum absolute atomic E-state index is 10.7. The first kappa shape index (κ1) is 10.1. The van der Waals surface area contributed by atoms with Crippen molar-refractivity contribution in [2.45, 2.75) is 13.0 Å². The highest BCUT2D eigenvalue weighted by Crippen LogP contribution is 2.17. The molecule has 0 radical (unpaired) electrons. The molecule has 2 heterocycles. The number of nitrogens with two attached hydrogens (primary N) is 1. The molecule has 2 aromatic heterocycles. The van der Waals surface area contributed by atoms with Crippen LogP contribution in [0.2, 0.25) is 0 Å². The number of fused-ring (bicyclic) bond motifs is 1. The molecule has 0 aliphatic rings. The molecule has 5 N–H and O–H groups in total. The van der Waals surface area contributed by atoms with Crippen molar-refractivity contribution in [1.82, 2.24) is 19.9 Å². The summed E-state index contributed by atoms with van der Waals surface area (Å²) >= 11 is 0. The van der Waals surface area contributed by atoms with Crippen molar-refractivity contribution >= 4 is 28.9 Å². The predicted molar refractivity (Wildman–Crippen MR) is 56.8 cm³/mol. The maximum Gasteiger partial charge on any atom is 0.325 e. The van der Waals surface area contributed by atoms with Crippen LogP contribution >= 0.6 is 0 Å².